The molecule has 0 aromatic heterocycles. The zero-order valence-electron chi connectivity index (χ0n) is 18.1. The van der Waals surface area contributed by atoms with Crippen LogP contribution in [0.25, 0.3) is 11.1 Å². The van der Waals surface area contributed by atoms with Gasteiger partial charge in [0.05, 0.1) is 18.2 Å². The van der Waals surface area contributed by atoms with E-state index in [1.54, 1.807) is 0 Å². The maximum Gasteiger partial charge on any atom is 0.534 e. The highest BCUT2D eigenvalue weighted by molar-refractivity contribution is 7.88. The van der Waals surface area contributed by atoms with Gasteiger partial charge in [-0.1, -0.05) is 27.3 Å². The molecule has 192 valence electrons. The Morgan fingerprint density at radius 3 is 2.11 bits per heavy atom. The summed E-state index contributed by atoms with van der Waals surface area (Å²) in [6.07, 6.45) is 0. The van der Waals surface area contributed by atoms with Crippen molar-refractivity contribution in [2.24, 2.45) is 5.92 Å². The second-order valence-electron chi connectivity index (χ2n) is 7.35. The number of carbonyl (C=O) groups excluding carboxylic acids is 2. The minimum absolute atomic E-state index is 0. The van der Waals surface area contributed by atoms with Gasteiger partial charge in [-0.05, 0) is 47.4 Å². The number of carboxylic acid groups (broad SMARTS) is 1. The molecular weight excluding hydrogens is 495 g/mol. The average molecular weight is 519 g/mol. The van der Waals surface area contributed by atoms with Crippen molar-refractivity contribution in [1.29, 1.82) is 0 Å². The van der Waals surface area contributed by atoms with Crippen LogP contribution >= 0.6 is 0 Å². The van der Waals surface area contributed by atoms with E-state index in [0.717, 1.165) is 19.2 Å². The lowest BCUT2D eigenvalue weighted by Crippen LogP contribution is -2.28. The van der Waals surface area contributed by atoms with E-state index in [9.17, 15) is 41.1 Å². The zero-order chi connectivity index (χ0) is 25.8. The fraction of sp³-hybridized carbons (Fsp3) is 0.318. The van der Waals surface area contributed by atoms with Gasteiger partial charge < -0.3 is 19.3 Å². The fourth-order valence-corrected chi connectivity index (χ4v) is 3.21. The molecule has 0 aliphatic carbocycles. The predicted octanol–water partition coefficient (Wildman–Crippen LogP) is 4.09. The molecule has 13 heteroatoms. The maximum atomic E-state index is 12.6. The number of carbonyl (C=O) groups is 3. The molecule has 35 heavy (non-hydrogen) atoms. The molecule has 9 nitrogen and oxygen atoms in total. The highest BCUT2D eigenvalue weighted by Gasteiger charge is 2.48. The van der Waals surface area contributed by atoms with Gasteiger partial charge in [0.2, 0.25) is 0 Å². The Balaban J connectivity index is 0.00000612. The van der Waals surface area contributed by atoms with Crippen molar-refractivity contribution in [3.05, 3.63) is 53.1 Å². The lowest BCUT2D eigenvalue weighted by Gasteiger charge is -2.15. The van der Waals surface area contributed by atoms with Crippen LogP contribution in [0.5, 0.6) is 5.75 Å². The molecule has 2 aromatic rings. The smallest absolute Gasteiger partial charge is 0.478 e. The second-order valence-corrected chi connectivity index (χ2v) is 8.89. The molecule has 2 rings (SSSR count). The van der Waals surface area contributed by atoms with Gasteiger partial charge in [0.1, 0.15) is 5.75 Å². The van der Waals surface area contributed by atoms with E-state index in [2.05, 4.69) is 9.50 Å². The summed E-state index contributed by atoms with van der Waals surface area (Å²) >= 11 is 0. The van der Waals surface area contributed by atoms with Crippen molar-refractivity contribution in [2.75, 3.05) is 13.7 Å². The first-order valence-corrected chi connectivity index (χ1v) is 11.0. The number of hydrogen-bond acceptors (Lipinski definition) is 7. The van der Waals surface area contributed by atoms with E-state index in [4.69, 9.17) is 4.74 Å². The molecule has 2 N–H and O–H groups in total. The number of ether oxygens (including phenoxy) is 1. The quantitative estimate of drug-likeness (QED) is 0.302. The van der Waals surface area contributed by atoms with E-state index in [1.165, 1.54) is 18.2 Å². The summed E-state index contributed by atoms with van der Waals surface area (Å²) in [5.41, 5.74) is -6.67. The van der Waals surface area contributed by atoms with Crippen molar-refractivity contribution in [3.8, 4) is 16.9 Å². The summed E-state index contributed by atoms with van der Waals surface area (Å²) < 4.78 is 69.0. The van der Waals surface area contributed by atoms with Crippen LogP contribution in [0.3, 0.4) is 0 Å². The van der Waals surface area contributed by atoms with Crippen molar-refractivity contribution in [3.63, 3.8) is 0 Å². The van der Waals surface area contributed by atoms with E-state index in [-0.39, 0.29) is 35.6 Å². The molecule has 0 spiro atoms. The van der Waals surface area contributed by atoms with Crippen LogP contribution in [-0.4, -0.2) is 50.5 Å². The number of methoxy groups -OCH3 is 1. The minimum atomic E-state index is -6.03. The highest BCUT2D eigenvalue weighted by Crippen LogP contribution is 2.33. The predicted molar refractivity (Wildman–Crippen MR) is 120 cm³/mol. The highest BCUT2D eigenvalue weighted by atomic mass is 32.2. The molecule has 0 atom stereocenters. The number of rotatable bonds is 8. The van der Waals surface area contributed by atoms with Crippen LogP contribution in [0.1, 0.15) is 52.3 Å². The van der Waals surface area contributed by atoms with Crippen molar-refractivity contribution < 1.29 is 50.0 Å². The van der Waals surface area contributed by atoms with E-state index in [0.29, 0.717) is 12.6 Å². The first-order chi connectivity index (χ1) is 15.7. The molecular formula is C22H24F3NO8S. The van der Waals surface area contributed by atoms with E-state index >= 15 is 0 Å². The summed E-state index contributed by atoms with van der Waals surface area (Å²) in [5.74, 6) is -3.79. The van der Waals surface area contributed by atoms with Gasteiger partial charge in [-0.2, -0.15) is 21.6 Å². The first kappa shape index (κ1) is 29.4. The molecule has 0 saturated heterocycles. The standard InChI is InChI=1S/C21H20F3NO8S.CH4/c1-11(2)10-25-18(26)12-4-6-15(17(8-12)20(29)32-3)14-7-5-13(9-16(14)19(27)28)33-34(30,31)21(22,23)24;/h4-9,11H,10H2,1-3H3,(H,25,26)(H,27,28);1H4. The molecule has 0 aliphatic rings. The second kappa shape index (κ2) is 11.2. The van der Waals surface area contributed by atoms with Gasteiger partial charge in [0.15, 0.2) is 0 Å². The third kappa shape index (κ3) is 6.94. The lowest BCUT2D eigenvalue weighted by atomic mass is 9.93. The summed E-state index contributed by atoms with van der Waals surface area (Å²) in [4.78, 5) is 36.5. The van der Waals surface area contributed by atoms with E-state index < -0.39 is 44.8 Å². The van der Waals surface area contributed by atoms with Crippen LogP contribution in [0.15, 0.2) is 36.4 Å². The van der Waals surface area contributed by atoms with Crippen LogP contribution in [-0.2, 0) is 14.9 Å². The van der Waals surface area contributed by atoms with Crippen LogP contribution in [0.4, 0.5) is 13.2 Å². The number of carboxylic acids is 1. The van der Waals surface area contributed by atoms with Crippen LogP contribution in [0, 0.1) is 5.92 Å². The third-order valence-corrected chi connectivity index (χ3v) is 5.34. The number of amides is 1. The Morgan fingerprint density at radius 2 is 1.60 bits per heavy atom. The molecule has 0 saturated carbocycles. The number of hydrogen-bond donors (Lipinski definition) is 2. The maximum absolute atomic E-state index is 12.6. The number of esters is 1. The van der Waals surface area contributed by atoms with Crippen molar-refractivity contribution >= 4 is 28.0 Å². The molecule has 2 aromatic carbocycles. The van der Waals surface area contributed by atoms with Gasteiger partial charge >= 0.3 is 27.6 Å². The molecule has 0 unspecified atom stereocenters. The number of aromatic carboxylic acids is 1. The largest absolute Gasteiger partial charge is 0.534 e. The van der Waals surface area contributed by atoms with Gasteiger partial charge in [-0.25, -0.2) is 9.59 Å². The first-order valence-electron chi connectivity index (χ1n) is 9.57. The van der Waals surface area contributed by atoms with Crippen molar-refractivity contribution in [1.82, 2.24) is 5.32 Å². The third-order valence-electron chi connectivity index (χ3n) is 4.36. The van der Waals surface area contributed by atoms with Gasteiger partial charge in [0, 0.05) is 12.1 Å². The van der Waals surface area contributed by atoms with Crippen LogP contribution < -0.4 is 9.50 Å². The normalized spacial score (nSPS) is 11.4. The minimum Gasteiger partial charge on any atom is -0.478 e. The monoisotopic (exact) mass is 519 g/mol. The Bertz CT molecular complexity index is 1220. The molecule has 0 radical (unpaired) electrons. The average Bonchev–Trinajstić information content (AvgIpc) is 2.75. The summed E-state index contributed by atoms with van der Waals surface area (Å²) in [5, 5.41) is 12.2. The Hall–Kier alpha value is -3.61. The molecule has 1 amide bonds. The number of nitrogens with one attached hydrogen (secondary N) is 1. The van der Waals surface area contributed by atoms with Gasteiger partial charge in [-0.3, -0.25) is 4.79 Å². The Labute approximate surface area is 200 Å². The zero-order valence-corrected chi connectivity index (χ0v) is 18.9. The van der Waals surface area contributed by atoms with Gasteiger partial charge in [0.25, 0.3) is 5.91 Å². The number of halogens is 3. The molecule has 0 bridgehead atoms. The summed E-state index contributed by atoms with van der Waals surface area (Å²) in [7, 11) is -4.97. The summed E-state index contributed by atoms with van der Waals surface area (Å²) in [6, 6.07) is 6.12. The van der Waals surface area contributed by atoms with E-state index in [1.807, 2.05) is 13.8 Å². The van der Waals surface area contributed by atoms with Gasteiger partial charge in [-0.15, -0.1) is 0 Å². The summed E-state index contributed by atoms with van der Waals surface area (Å²) in [6.45, 7) is 4.12. The molecule has 0 aliphatic heterocycles. The molecule has 0 fully saturated rings. The Morgan fingerprint density at radius 1 is 1.03 bits per heavy atom. The van der Waals surface area contributed by atoms with Crippen molar-refractivity contribution in [2.45, 2.75) is 26.8 Å². The topological polar surface area (TPSA) is 136 Å². The fourth-order valence-electron chi connectivity index (χ4n) is 2.76. The van der Waals surface area contributed by atoms with Crippen LogP contribution in [0.2, 0.25) is 0 Å². The lowest BCUT2D eigenvalue weighted by molar-refractivity contribution is -0.0500. The molecule has 0 heterocycles. The number of benzene rings is 2. The Kier molecular flexibility index (Phi) is 9.42. The SMILES string of the molecule is C.COC(=O)c1cc(C(=O)NCC(C)C)ccc1-c1ccc(OS(=O)(=O)C(F)(F)F)cc1C(=O)O. The number of alkyl halides is 3.